The lowest BCUT2D eigenvalue weighted by atomic mass is 9.56. The number of anilines is 1. The number of thioether (sulfide) groups is 1. The molecule has 0 saturated heterocycles. The highest BCUT2D eigenvalue weighted by Gasteiger charge is 2.52. The van der Waals surface area contributed by atoms with Crippen LogP contribution in [-0.2, 0) is 11.0 Å². The van der Waals surface area contributed by atoms with Crippen molar-refractivity contribution in [2.24, 2.45) is 17.8 Å². The molecular formula is C20H24F3NOS. The van der Waals surface area contributed by atoms with Gasteiger partial charge in [0.15, 0.2) is 0 Å². The number of alkyl halides is 3. The minimum absolute atomic E-state index is 0.150. The Morgan fingerprint density at radius 1 is 1.12 bits per heavy atom. The molecule has 0 aliphatic heterocycles. The molecule has 4 aliphatic carbocycles. The van der Waals surface area contributed by atoms with Crippen molar-refractivity contribution in [2.75, 3.05) is 5.32 Å². The number of hydrogen-bond donors (Lipinski definition) is 1. The van der Waals surface area contributed by atoms with Gasteiger partial charge in [0, 0.05) is 4.75 Å². The van der Waals surface area contributed by atoms with E-state index in [1.165, 1.54) is 56.7 Å². The number of carbonyl (C=O) groups excluding carboxylic acids is 1. The van der Waals surface area contributed by atoms with E-state index in [4.69, 9.17) is 0 Å². The molecule has 1 amide bonds. The van der Waals surface area contributed by atoms with Gasteiger partial charge in [0.25, 0.3) is 0 Å². The summed E-state index contributed by atoms with van der Waals surface area (Å²) in [7, 11) is 0. The Morgan fingerprint density at radius 2 is 1.65 bits per heavy atom. The van der Waals surface area contributed by atoms with Gasteiger partial charge in [0.2, 0.25) is 5.91 Å². The molecule has 0 heterocycles. The van der Waals surface area contributed by atoms with Gasteiger partial charge in [-0.05, 0) is 75.3 Å². The highest BCUT2D eigenvalue weighted by atomic mass is 32.2. The zero-order valence-corrected chi connectivity index (χ0v) is 15.6. The smallest absolute Gasteiger partial charge is 0.325 e. The topological polar surface area (TPSA) is 29.1 Å². The number of amides is 1. The molecular weight excluding hydrogens is 359 g/mol. The molecule has 4 fully saturated rings. The second-order valence-corrected chi connectivity index (χ2v) is 10.2. The lowest BCUT2D eigenvalue weighted by Crippen LogP contribution is -2.49. The average molecular weight is 383 g/mol. The first-order valence-electron chi connectivity index (χ1n) is 9.39. The molecule has 4 bridgehead atoms. The summed E-state index contributed by atoms with van der Waals surface area (Å²) in [6.07, 6.45) is 3.03. The van der Waals surface area contributed by atoms with E-state index in [0.29, 0.717) is 0 Å². The molecule has 142 valence electrons. The van der Waals surface area contributed by atoms with Crippen molar-refractivity contribution in [1.82, 2.24) is 0 Å². The molecule has 0 spiro atoms. The van der Waals surface area contributed by atoms with Gasteiger partial charge < -0.3 is 5.32 Å². The van der Waals surface area contributed by atoms with Crippen molar-refractivity contribution in [3.8, 4) is 0 Å². The summed E-state index contributed by atoms with van der Waals surface area (Å²) in [5, 5.41) is 2.17. The summed E-state index contributed by atoms with van der Waals surface area (Å²) in [5.41, 5.74) is -0.941. The van der Waals surface area contributed by atoms with E-state index in [1.807, 2.05) is 6.92 Å². The van der Waals surface area contributed by atoms with Gasteiger partial charge in [0.1, 0.15) is 0 Å². The Hall–Kier alpha value is -1.17. The fourth-order valence-electron chi connectivity index (χ4n) is 5.68. The largest absolute Gasteiger partial charge is 0.418 e. The molecule has 1 aromatic rings. The van der Waals surface area contributed by atoms with Gasteiger partial charge >= 0.3 is 6.18 Å². The number of halogens is 3. The number of carbonyl (C=O) groups is 1. The van der Waals surface area contributed by atoms with Gasteiger partial charge in [-0.3, -0.25) is 4.79 Å². The van der Waals surface area contributed by atoms with E-state index in [1.54, 1.807) is 11.8 Å². The first kappa shape index (κ1) is 18.2. The molecule has 4 aliphatic rings. The lowest BCUT2D eigenvalue weighted by Gasteiger charge is -2.57. The third kappa shape index (κ3) is 3.49. The molecule has 0 unspecified atom stereocenters. The third-order valence-corrected chi connectivity index (χ3v) is 7.84. The summed E-state index contributed by atoms with van der Waals surface area (Å²) in [6, 6.07) is 5.18. The van der Waals surface area contributed by atoms with E-state index in [0.717, 1.165) is 23.8 Å². The van der Waals surface area contributed by atoms with E-state index >= 15 is 0 Å². The number of rotatable bonds is 4. The molecule has 6 heteroatoms. The molecule has 5 rings (SSSR count). The zero-order valence-electron chi connectivity index (χ0n) is 14.8. The normalized spacial score (nSPS) is 33.9. The van der Waals surface area contributed by atoms with Crippen molar-refractivity contribution in [3.63, 3.8) is 0 Å². The number of hydrogen-bond acceptors (Lipinski definition) is 2. The molecule has 4 saturated carbocycles. The Balaban J connectivity index is 1.45. The van der Waals surface area contributed by atoms with E-state index in [2.05, 4.69) is 5.32 Å². The molecule has 0 radical (unpaired) electrons. The summed E-state index contributed by atoms with van der Waals surface area (Å²) < 4.78 is 39.6. The summed E-state index contributed by atoms with van der Waals surface area (Å²) in [5.74, 6) is 2.03. The van der Waals surface area contributed by atoms with Crippen LogP contribution in [0.2, 0.25) is 0 Å². The van der Waals surface area contributed by atoms with Gasteiger partial charge in [-0.25, -0.2) is 0 Å². The molecule has 1 atom stereocenters. The van der Waals surface area contributed by atoms with Crippen molar-refractivity contribution < 1.29 is 18.0 Å². The third-order valence-electron chi connectivity index (χ3n) is 6.27. The minimum atomic E-state index is -4.47. The maximum Gasteiger partial charge on any atom is 0.418 e. The Morgan fingerprint density at radius 3 is 2.19 bits per heavy atom. The van der Waals surface area contributed by atoms with Crippen molar-refractivity contribution >= 4 is 23.4 Å². The molecule has 0 aromatic heterocycles. The van der Waals surface area contributed by atoms with Crippen LogP contribution in [0.4, 0.5) is 18.9 Å². The van der Waals surface area contributed by atoms with Crippen LogP contribution in [-0.4, -0.2) is 15.9 Å². The Labute approximate surface area is 156 Å². The van der Waals surface area contributed by atoms with Crippen LogP contribution in [0, 0.1) is 17.8 Å². The summed E-state index contributed by atoms with van der Waals surface area (Å²) >= 11 is 1.70. The van der Waals surface area contributed by atoms with Crippen LogP contribution in [0.15, 0.2) is 24.3 Å². The minimum Gasteiger partial charge on any atom is -0.325 e. The van der Waals surface area contributed by atoms with Crippen LogP contribution in [0.25, 0.3) is 0 Å². The monoisotopic (exact) mass is 383 g/mol. The summed E-state index contributed by atoms with van der Waals surface area (Å²) in [6.45, 7) is 1.83. The molecule has 26 heavy (non-hydrogen) atoms. The first-order valence-corrected chi connectivity index (χ1v) is 10.3. The maximum atomic E-state index is 13.1. The quantitative estimate of drug-likeness (QED) is 0.719. The van der Waals surface area contributed by atoms with Crippen molar-refractivity contribution in [1.29, 1.82) is 0 Å². The maximum absolute atomic E-state index is 13.1. The van der Waals surface area contributed by atoms with Crippen molar-refractivity contribution in [2.45, 2.75) is 61.6 Å². The van der Waals surface area contributed by atoms with Crippen LogP contribution >= 0.6 is 11.8 Å². The van der Waals surface area contributed by atoms with E-state index in [9.17, 15) is 18.0 Å². The highest BCUT2D eigenvalue weighted by Crippen LogP contribution is 2.61. The Kier molecular flexibility index (Phi) is 4.53. The highest BCUT2D eigenvalue weighted by molar-refractivity contribution is 8.01. The number of nitrogens with one attached hydrogen (secondary N) is 1. The number of benzene rings is 1. The van der Waals surface area contributed by atoms with Crippen LogP contribution in [0.5, 0.6) is 0 Å². The predicted octanol–water partition coefficient (Wildman–Crippen LogP) is 5.73. The molecule has 1 aromatic carbocycles. The lowest BCUT2D eigenvalue weighted by molar-refractivity contribution is -0.137. The summed E-state index contributed by atoms with van der Waals surface area (Å²) in [4.78, 5) is 12.6. The Bertz CT molecular complexity index is 667. The van der Waals surface area contributed by atoms with Crippen molar-refractivity contribution in [3.05, 3.63) is 29.8 Å². The van der Waals surface area contributed by atoms with Crippen LogP contribution in [0.3, 0.4) is 0 Å². The van der Waals surface area contributed by atoms with Gasteiger partial charge in [-0.2, -0.15) is 13.2 Å². The molecule has 2 nitrogen and oxygen atoms in total. The zero-order chi connectivity index (χ0) is 18.5. The fraction of sp³-hybridized carbons (Fsp3) is 0.650. The van der Waals surface area contributed by atoms with Crippen LogP contribution in [0.1, 0.15) is 51.0 Å². The standard InChI is InChI=1S/C20H24F3NOS/c1-12(18(25)24-17-5-3-2-4-16(17)20(21,22)23)26-19-9-13-6-14(10-19)8-15(7-13)11-19/h2-5,12-15H,6-11H2,1H3,(H,24,25)/t12-,13?,14?,15?,19?/m0/s1. The van der Waals surface area contributed by atoms with E-state index in [-0.39, 0.29) is 21.6 Å². The number of para-hydroxylation sites is 1. The average Bonchev–Trinajstić information content (AvgIpc) is 2.52. The van der Waals surface area contributed by atoms with Gasteiger partial charge in [0.05, 0.1) is 16.5 Å². The second kappa shape index (κ2) is 6.47. The second-order valence-electron chi connectivity index (χ2n) is 8.39. The van der Waals surface area contributed by atoms with Crippen LogP contribution < -0.4 is 5.32 Å². The van der Waals surface area contributed by atoms with E-state index < -0.39 is 11.7 Å². The van der Waals surface area contributed by atoms with Gasteiger partial charge in [-0.15, -0.1) is 11.8 Å². The van der Waals surface area contributed by atoms with Gasteiger partial charge in [-0.1, -0.05) is 12.1 Å². The predicted molar refractivity (Wildman–Crippen MR) is 98.0 cm³/mol. The molecule has 1 N–H and O–H groups in total. The SMILES string of the molecule is C[C@H](SC12CC3CC(CC(C3)C1)C2)C(=O)Nc1ccccc1C(F)(F)F. The first-order chi connectivity index (χ1) is 12.2. The fourth-order valence-corrected chi connectivity index (χ4v) is 7.59.